The second-order valence-electron chi connectivity index (χ2n) is 8.19. The van der Waals surface area contributed by atoms with Gasteiger partial charge in [0.1, 0.15) is 23.1 Å². The maximum absolute atomic E-state index is 13.0. The van der Waals surface area contributed by atoms with Gasteiger partial charge in [-0.15, -0.1) is 0 Å². The Morgan fingerprint density at radius 3 is 2.47 bits per heavy atom. The summed E-state index contributed by atoms with van der Waals surface area (Å²) < 4.78 is 16.7. The van der Waals surface area contributed by atoms with E-state index in [-0.39, 0.29) is 18.0 Å². The molecule has 1 aliphatic rings. The Morgan fingerprint density at radius 1 is 1.15 bits per heavy atom. The van der Waals surface area contributed by atoms with E-state index in [1.165, 1.54) is 6.08 Å². The molecule has 0 saturated carbocycles. The highest BCUT2D eigenvalue weighted by molar-refractivity contribution is 5.88. The second-order valence-corrected chi connectivity index (χ2v) is 8.19. The summed E-state index contributed by atoms with van der Waals surface area (Å²) in [5.74, 6) is 1.98. The predicted molar refractivity (Wildman–Crippen MR) is 131 cm³/mol. The Morgan fingerprint density at radius 2 is 1.82 bits per heavy atom. The van der Waals surface area contributed by atoms with Crippen molar-refractivity contribution in [1.29, 1.82) is 0 Å². The van der Waals surface area contributed by atoms with Crippen molar-refractivity contribution in [2.24, 2.45) is 0 Å². The fourth-order valence-corrected chi connectivity index (χ4v) is 4.36. The SMILES string of the molecule is C=CC(=O)NC1CNCC1Nc1cc2c(=O)oc(-c3c(C)c(OC)cc(OC)c3C)cc2cn1. The molecule has 2 atom stereocenters. The van der Waals surface area contributed by atoms with E-state index in [4.69, 9.17) is 13.9 Å². The number of nitrogens with zero attached hydrogens (tertiary/aromatic N) is 1. The van der Waals surface area contributed by atoms with Crippen LogP contribution in [-0.4, -0.2) is 50.3 Å². The predicted octanol–water partition coefficient (Wildman–Crippen LogP) is 2.54. The first-order valence-corrected chi connectivity index (χ1v) is 10.9. The third-order valence-corrected chi connectivity index (χ3v) is 6.14. The summed E-state index contributed by atoms with van der Waals surface area (Å²) in [5.41, 5.74) is 1.96. The van der Waals surface area contributed by atoms with Gasteiger partial charge >= 0.3 is 5.63 Å². The van der Waals surface area contributed by atoms with Crippen molar-refractivity contribution in [3.8, 4) is 22.8 Å². The van der Waals surface area contributed by atoms with E-state index in [9.17, 15) is 9.59 Å². The number of nitrogens with one attached hydrogen (secondary N) is 3. The van der Waals surface area contributed by atoms with Crippen molar-refractivity contribution >= 4 is 22.5 Å². The van der Waals surface area contributed by atoms with Gasteiger partial charge in [0, 0.05) is 47.4 Å². The van der Waals surface area contributed by atoms with Crippen molar-refractivity contribution in [3.63, 3.8) is 0 Å². The summed E-state index contributed by atoms with van der Waals surface area (Å²) in [6.45, 7) is 8.58. The summed E-state index contributed by atoms with van der Waals surface area (Å²) >= 11 is 0. The number of hydrogen-bond donors (Lipinski definition) is 3. The summed E-state index contributed by atoms with van der Waals surface area (Å²) in [6, 6.07) is 5.06. The van der Waals surface area contributed by atoms with Crippen LogP contribution in [0.3, 0.4) is 0 Å². The lowest BCUT2D eigenvalue weighted by Gasteiger charge is -2.21. The lowest BCUT2D eigenvalue weighted by atomic mass is 9.97. The molecule has 0 spiro atoms. The minimum atomic E-state index is -0.473. The van der Waals surface area contributed by atoms with Gasteiger partial charge < -0.3 is 29.8 Å². The number of aromatic nitrogens is 1. The van der Waals surface area contributed by atoms with Gasteiger partial charge in [0.2, 0.25) is 5.91 Å². The van der Waals surface area contributed by atoms with E-state index in [1.807, 2.05) is 19.9 Å². The third kappa shape index (κ3) is 4.34. The van der Waals surface area contributed by atoms with Crippen molar-refractivity contribution in [1.82, 2.24) is 15.6 Å². The van der Waals surface area contributed by atoms with Crippen molar-refractivity contribution in [3.05, 3.63) is 58.6 Å². The summed E-state index contributed by atoms with van der Waals surface area (Å²) in [6.07, 6.45) is 2.88. The van der Waals surface area contributed by atoms with Crippen LogP contribution in [0.25, 0.3) is 22.1 Å². The first kappa shape index (κ1) is 23.3. The smallest absolute Gasteiger partial charge is 0.344 e. The molecule has 3 aromatic rings. The molecule has 1 aromatic carbocycles. The zero-order valence-electron chi connectivity index (χ0n) is 19.7. The van der Waals surface area contributed by atoms with Crippen LogP contribution in [-0.2, 0) is 4.79 Å². The molecule has 178 valence electrons. The van der Waals surface area contributed by atoms with Crippen LogP contribution in [0.1, 0.15) is 11.1 Å². The average Bonchev–Trinajstić information content (AvgIpc) is 3.26. The fraction of sp³-hybridized carbons (Fsp3) is 0.320. The Hall–Kier alpha value is -3.85. The van der Waals surface area contributed by atoms with E-state index in [0.29, 0.717) is 46.9 Å². The van der Waals surface area contributed by atoms with Crippen LogP contribution in [0.4, 0.5) is 5.82 Å². The Bertz CT molecular complexity index is 1290. The number of hydrogen-bond acceptors (Lipinski definition) is 8. The molecule has 2 aromatic heterocycles. The lowest BCUT2D eigenvalue weighted by molar-refractivity contribution is -0.117. The van der Waals surface area contributed by atoms with Gasteiger partial charge in [-0.25, -0.2) is 9.78 Å². The number of carbonyl (C=O) groups is 1. The Kier molecular flexibility index (Phi) is 6.56. The van der Waals surface area contributed by atoms with E-state index in [2.05, 4.69) is 27.5 Å². The molecule has 3 heterocycles. The maximum Gasteiger partial charge on any atom is 0.344 e. The van der Waals surface area contributed by atoms with Crippen LogP contribution >= 0.6 is 0 Å². The molecular weight excluding hydrogens is 436 g/mol. The van der Waals surface area contributed by atoms with E-state index in [0.717, 1.165) is 16.7 Å². The first-order chi connectivity index (χ1) is 16.4. The third-order valence-electron chi connectivity index (χ3n) is 6.14. The number of rotatable bonds is 7. The van der Waals surface area contributed by atoms with Gasteiger partial charge in [0.05, 0.1) is 31.7 Å². The first-order valence-electron chi connectivity index (χ1n) is 10.9. The van der Waals surface area contributed by atoms with Gasteiger partial charge in [-0.2, -0.15) is 0 Å². The van der Waals surface area contributed by atoms with Crippen molar-refractivity contribution in [2.45, 2.75) is 25.9 Å². The molecule has 34 heavy (non-hydrogen) atoms. The monoisotopic (exact) mass is 464 g/mol. The molecule has 4 rings (SSSR count). The minimum Gasteiger partial charge on any atom is -0.496 e. The van der Waals surface area contributed by atoms with Gasteiger partial charge in [-0.3, -0.25) is 4.79 Å². The number of ether oxygens (including phenoxy) is 2. The van der Waals surface area contributed by atoms with Gasteiger partial charge in [0.15, 0.2) is 0 Å². The molecule has 9 nitrogen and oxygen atoms in total. The number of benzene rings is 1. The second kappa shape index (κ2) is 9.56. The van der Waals surface area contributed by atoms with Crippen molar-refractivity contribution in [2.75, 3.05) is 32.6 Å². The van der Waals surface area contributed by atoms with E-state index >= 15 is 0 Å². The summed E-state index contributed by atoms with van der Waals surface area (Å²) in [5, 5.41) is 10.5. The normalized spacial score (nSPS) is 17.4. The lowest BCUT2D eigenvalue weighted by Crippen LogP contribution is -2.45. The number of amides is 1. The Balaban J connectivity index is 1.69. The van der Waals surface area contributed by atoms with Crippen LogP contribution in [0, 0.1) is 13.8 Å². The van der Waals surface area contributed by atoms with Gasteiger partial charge in [-0.1, -0.05) is 6.58 Å². The van der Waals surface area contributed by atoms with Crippen LogP contribution in [0.15, 0.2) is 46.3 Å². The number of fused-ring (bicyclic) bond motifs is 1. The van der Waals surface area contributed by atoms with E-state index < -0.39 is 5.63 Å². The molecule has 9 heteroatoms. The molecule has 1 saturated heterocycles. The quantitative estimate of drug-likeness (QED) is 0.457. The molecule has 1 amide bonds. The number of carbonyl (C=O) groups excluding carboxylic acids is 1. The summed E-state index contributed by atoms with van der Waals surface area (Å²) in [7, 11) is 3.17. The van der Waals surface area contributed by atoms with Crippen LogP contribution in [0.5, 0.6) is 11.5 Å². The van der Waals surface area contributed by atoms with Crippen LogP contribution < -0.4 is 31.0 Å². The number of anilines is 1. The highest BCUT2D eigenvalue weighted by atomic mass is 16.5. The van der Waals surface area contributed by atoms with Crippen LogP contribution in [0.2, 0.25) is 0 Å². The molecule has 1 aliphatic heterocycles. The molecule has 1 fully saturated rings. The van der Waals surface area contributed by atoms with Crippen molar-refractivity contribution < 1.29 is 18.7 Å². The fourth-order valence-electron chi connectivity index (χ4n) is 4.36. The molecule has 0 radical (unpaired) electrons. The van der Waals surface area contributed by atoms with Gasteiger partial charge in [0.25, 0.3) is 0 Å². The topological polar surface area (TPSA) is 115 Å². The molecule has 0 bridgehead atoms. The van der Waals surface area contributed by atoms with E-state index in [1.54, 1.807) is 32.5 Å². The zero-order chi connectivity index (χ0) is 24.4. The highest BCUT2D eigenvalue weighted by Gasteiger charge is 2.28. The molecule has 2 unspecified atom stereocenters. The number of pyridine rings is 1. The standard InChI is InChI=1S/C25H28N4O5/c1-6-23(30)29-18-12-26-11-17(18)28-22-8-16-15(10-27-22)7-21(34-25(16)31)24-13(2)19(32-4)9-20(33-5)14(24)3/h6-10,17-18,26H,1,11-12H2,2-5H3,(H,27,28)(H,29,30). The zero-order valence-corrected chi connectivity index (χ0v) is 19.7. The maximum atomic E-state index is 13.0. The Labute approximate surface area is 197 Å². The summed E-state index contributed by atoms with van der Waals surface area (Å²) in [4.78, 5) is 29.2. The molecular formula is C25H28N4O5. The average molecular weight is 465 g/mol. The van der Waals surface area contributed by atoms with Gasteiger partial charge in [-0.05, 0) is 32.1 Å². The largest absolute Gasteiger partial charge is 0.496 e. The molecule has 3 N–H and O–H groups in total. The molecule has 0 aliphatic carbocycles. The minimum absolute atomic E-state index is 0.0882. The highest BCUT2D eigenvalue weighted by Crippen LogP contribution is 2.39. The number of methoxy groups -OCH3 is 2.